The lowest BCUT2D eigenvalue weighted by Gasteiger charge is -2.25. The van der Waals surface area contributed by atoms with Crippen LogP contribution in [0.25, 0.3) is 0 Å². The summed E-state index contributed by atoms with van der Waals surface area (Å²) in [4.78, 5) is 0. The van der Waals surface area contributed by atoms with Crippen LogP contribution in [-0.2, 0) is 4.74 Å². The number of phenolic OH excluding ortho intramolecular Hbond substituents is 1. The highest BCUT2D eigenvalue weighted by molar-refractivity contribution is 5.44. The molecular formula is C12H15F2NO2. The molecule has 0 amide bonds. The van der Waals surface area contributed by atoms with Crippen molar-refractivity contribution in [2.45, 2.75) is 19.5 Å². The molecule has 94 valence electrons. The van der Waals surface area contributed by atoms with Crippen molar-refractivity contribution in [1.29, 1.82) is 0 Å². The van der Waals surface area contributed by atoms with Crippen LogP contribution in [0.1, 0.15) is 29.2 Å². The van der Waals surface area contributed by atoms with Gasteiger partial charge in [0.15, 0.2) is 0 Å². The molecule has 0 aliphatic carbocycles. The number of nitrogens with one attached hydrogen (secondary N) is 1. The van der Waals surface area contributed by atoms with Gasteiger partial charge in [-0.25, -0.2) is 8.78 Å². The summed E-state index contributed by atoms with van der Waals surface area (Å²) in [5.74, 6) is -0.326. The van der Waals surface area contributed by atoms with Crippen LogP contribution in [0.5, 0.6) is 5.75 Å². The lowest BCUT2D eigenvalue weighted by Crippen LogP contribution is -2.33. The quantitative estimate of drug-likeness (QED) is 0.837. The molecule has 1 heterocycles. The molecule has 5 heteroatoms. The van der Waals surface area contributed by atoms with Gasteiger partial charge < -0.3 is 15.2 Å². The second-order valence-corrected chi connectivity index (χ2v) is 4.14. The molecule has 1 unspecified atom stereocenters. The molecule has 1 saturated heterocycles. The van der Waals surface area contributed by atoms with Gasteiger partial charge >= 0.3 is 0 Å². The van der Waals surface area contributed by atoms with E-state index in [4.69, 9.17) is 4.74 Å². The summed E-state index contributed by atoms with van der Waals surface area (Å²) in [6.45, 7) is 3.55. The molecule has 0 saturated carbocycles. The first-order valence-corrected chi connectivity index (χ1v) is 5.53. The molecule has 1 aliphatic rings. The second-order valence-electron chi connectivity index (χ2n) is 4.14. The van der Waals surface area contributed by atoms with E-state index in [0.717, 1.165) is 6.54 Å². The summed E-state index contributed by atoms with van der Waals surface area (Å²) in [6, 6.07) is 3.02. The van der Waals surface area contributed by atoms with Crippen LogP contribution in [0, 0.1) is 6.92 Å². The van der Waals surface area contributed by atoms with Gasteiger partial charge in [0.2, 0.25) is 0 Å². The molecule has 2 rings (SSSR count). The van der Waals surface area contributed by atoms with Crippen LogP contribution < -0.4 is 5.32 Å². The van der Waals surface area contributed by atoms with Gasteiger partial charge in [0, 0.05) is 13.1 Å². The predicted molar refractivity (Wildman–Crippen MR) is 59.4 cm³/mol. The summed E-state index contributed by atoms with van der Waals surface area (Å²) in [5, 5.41) is 12.7. The Morgan fingerprint density at radius 2 is 2.24 bits per heavy atom. The molecule has 17 heavy (non-hydrogen) atoms. The first-order valence-electron chi connectivity index (χ1n) is 5.53. The first kappa shape index (κ1) is 12.3. The fourth-order valence-corrected chi connectivity index (χ4v) is 1.97. The third-order valence-corrected chi connectivity index (χ3v) is 2.89. The Morgan fingerprint density at radius 1 is 1.47 bits per heavy atom. The largest absolute Gasteiger partial charge is 0.507 e. The fourth-order valence-electron chi connectivity index (χ4n) is 1.97. The van der Waals surface area contributed by atoms with Crippen LogP contribution in [0.2, 0.25) is 0 Å². The molecule has 1 aromatic carbocycles. The number of aryl methyl sites for hydroxylation is 1. The summed E-state index contributed by atoms with van der Waals surface area (Å²) in [7, 11) is 0. The Balaban J connectivity index is 2.34. The van der Waals surface area contributed by atoms with Gasteiger partial charge in [-0.15, -0.1) is 0 Å². The van der Waals surface area contributed by atoms with Crippen LogP contribution in [-0.4, -0.2) is 24.8 Å². The maximum atomic E-state index is 12.7. The summed E-state index contributed by atoms with van der Waals surface area (Å²) >= 11 is 0. The van der Waals surface area contributed by atoms with E-state index in [9.17, 15) is 13.9 Å². The van der Waals surface area contributed by atoms with Crippen LogP contribution >= 0.6 is 0 Å². The van der Waals surface area contributed by atoms with Crippen molar-refractivity contribution in [2.75, 3.05) is 19.7 Å². The average Bonchev–Trinajstić information content (AvgIpc) is 2.33. The molecule has 0 radical (unpaired) electrons. The number of ether oxygens (including phenoxy) is 1. The Kier molecular flexibility index (Phi) is 3.59. The highest BCUT2D eigenvalue weighted by Gasteiger charge is 2.21. The SMILES string of the molecule is Cc1cc(C2CNCCO2)cc(C(F)F)c1O. The molecule has 0 bridgehead atoms. The van der Waals surface area contributed by atoms with E-state index in [1.807, 2.05) is 0 Å². The number of aromatic hydroxyl groups is 1. The van der Waals surface area contributed by atoms with E-state index in [1.165, 1.54) is 6.07 Å². The molecule has 1 aliphatic heterocycles. The van der Waals surface area contributed by atoms with E-state index in [1.54, 1.807) is 13.0 Å². The van der Waals surface area contributed by atoms with E-state index in [0.29, 0.717) is 24.3 Å². The molecule has 3 nitrogen and oxygen atoms in total. The first-order chi connectivity index (χ1) is 8.09. The summed E-state index contributed by atoms with van der Waals surface area (Å²) < 4.78 is 31.0. The second kappa shape index (κ2) is 4.98. The third kappa shape index (κ3) is 2.56. The molecule has 1 aromatic rings. The van der Waals surface area contributed by atoms with E-state index >= 15 is 0 Å². The Morgan fingerprint density at radius 3 is 2.82 bits per heavy atom. The topological polar surface area (TPSA) is 41.5 Å². The Bertz CT molecular complexity index is 404. The van der Waals surface area contributed by atoms with Crippen molar-refractivity contribution in [3.05, 3.63) is 28.8 Å². The monoisotopic (exact) mass is 243 g/mol. The highest BCUT2D eigenvalue weighted by Crippen LogP contribution is 2.34. The Hall–Kier alpha value is -1.20. The van der Waals surface area contributed by atoms with Gasteiger partial charge in [0.25, 0.3) is 6.43 Å². The number of benzene rings is 1. The van der Waals surface area contributed by atoms with Crippen LogP contribution in [0.3, 0.4) is 0 Å². The lowest BCUT2D eigenvalue weighted by atomic mass is 10.0. The van der Waals surface area contributed by atoms with E-state index < -0.39 is 6.43 Å². The van der Waals surface area contributed by atoms with Gasteiger partial charge in [-0.1, -0.05) is 0 Å². The lowest BCUT2D eigenvalue weighted by molar-refractivity contribution is 0.0274. The minimum absolute atomic E-state index is 0.222. The van der Waals surface area contributed by atoms with Crippen molar-refractivity contribution < 1.29 is 18.6 Å². The number of hydrogen-bond acceptors (Lipinski definition) is 3. The van der Waals surface area contributed by atoms with Gasteiger partial charge in [-0.05, 0) is 30.2 Å². The molecular weight excluding hydrogens is 228 g/mol. The minimum Gasteiger partial charge on any atom is -0.507 e. The van der Waals surface area contributed by atoms with Crippen molar-refractivity contribution >= 4 is 0 Å². The molecule has 1 atom stereocenters. The highest BCUT2D eigenvalue weighted by atomic mass is 19.3. The summed E-state index contributed by atoms with van der Waals surface area (Å²) in [5.41, 5.74) is 0.809. The van der Waals surface area contributed by atoms with Crippen molar-refractivity contribution in [1.82, 2.24) is 5.32 Å². The number of hydrogen-bond donors (Lipinski definition) is 2. The number of rotatable bonds is 2. The maximum Gasteiger partial charge on any atom is 0.267 e. The smallest absolute Gasteiger partial charge is 0.267 e. The fraction of sp³-hybridized carbons (Fsp3) is 0.500. The van der Waals surface area contributed by atoms with E-state index in [2.05, 4.69) is 5.32 Å². The van der Waals surface area contributed by atoms with Gasteiger partial charge in [0.1, 0.15) is 5.75 Å². The van der Waals surface area contributed by atoms with Crippen LogP contribution in [0.15, 0.2) is 12.1 Å². The van der Waals surface area contributed by atoms with Crippen molar-refractivity contribution in [3.63, 3.8) is 0 Å². The van der Waals surface area contributed by atoms with Gasteiger partial charge in [-0.2, -0.15) is 0 Å². The number of morpholine rings is 1. The van der Waals surface area contributed by atoms with Crippen molar-refractivity contribution in [2.24, 2.45) is 0 Å². The van der Waals surface area contributed by atoms with Crippen molar-refractivity contribution in [3.8, 4) is 5.75 Å². The molecule has 2 N–H and O–H groups in total. The summed E-state index contributed by atoms with van der Waals surface area (Å²) in [6.07, 6.45) is -2.90. The zero-order valence-corrected chi connectivity index (χ0v) is 9.54. The minimum atomic E-state index is -2.68. The molecule has 0 spiro atoms. The standard InChI is InChI=1S/C12H15F2NO2/c1-7-4-8(10-6-15-2-3-17-10)5-9(11(7)16)12(13)14/h4-5,10,12,15-16H,2-3,6H2,1H3. The predicted octanol–water partition coefficient (Wildman–Crippen LogP) is 2.30. The average molecular weight is 243 g/mol. The molecule has 0 aromatic heterocycles. The van der Waals surface area contributed by atoms with Gasteiger partial charge in [0.05, 0.1) is 18.3 Å². The third-order valence-electron chi connectivity index (χ3n) is 2.89. The number of phenols is 1. The van der Waals surface area contributed by atoms with Crippen LogP contribution in [0.4, 0.5) is 8.78 Å². The zero-order chi connectivity index (χ0) is 12.4. The van der Waals surface area contributed by atoms with E-state index in [-0.39, 0.29) is 17.4 Å². The van der Waals surface area contributed by atoms with Gasteiger partial charge in [-0.3, -0.25) is 0 Å². The number of alkyl halides is 2. The number of halogens is 2. The zero-order valence-electron chi connectivity index (χ0n) is 9.54. The Labute approximate surface area is 98.4 Å². The normalized spacial score (nSPS) is 20.8. The molecule has 1 fully saturated rings. The maximum absolute atomic E-state index is 12.7.